The van der Waals surface area contributed by atoms with Gasteiger partial charge in [-0.1, -0.05) is 26.0 Å². The van der Waals surface area contributed by atoms with Crippen LogP contribution in [0.3, 0.4) is 0 Å². The molecule has 1 aliphatic rings. The molecule has 0 radical (unpaired) electrons. The van der Waals surface area contributed by atoms with E-state index in [0.717, 1.165) is 29.6 Å². The van der Waals surface area contributed by atoms with Gasteiger partial charge in [0.05, 0.1) is 18.8 Å². The zero-order valence-corrected chi connectivity index (χ0v) is 18.1. The Morgan fingerprint density at radius 1 is 1.09 bits per heavy atom. The quantitative estimate of drug-likeness (QED) is 0.355. The lowest BCUT2D eigenvalue weighted by molar-refractivity contribution is -0.129. The van der Waals surface area contributed by atoms with Crippen LogP contribution in [0.25, 0.3) is 0 Å². The number of rotatable bonds is 5. The van der Waals surface area contributed by atoms with Crippen molar-refractivity contribution < 1.29 is 24.9 Å². The summed E-state index contributed by atoms with van der Waals surface area (Å²) >= 11 is 0. The second-order valence-electron chi connectivity index (χ2n) is 7.98. The number of aliphatic carboxylic acids is 1. The molecule has 0 unspecified atom stereocenters. The van der Waals surface area contributed by atoms with Crippen molar-refractivity contribution in [2.24, 2.45) is 0 Å². The number of aromatic hydroxyl groups is 2. The molecule has 0 spiro atoms. The van der Waals surface area contributed by atoms with Gasteiger partial charge in [-0.3, -0.25) is 20.6 Å². The number of ether oxygens (including phenoxy) is 1. The van der Waals surface area contributed by atoms with Crippen LogP contribution >= 0.6 is 0 Å². The lowest BCUT2D eigenvalue weighted by Gasteiger charge is -2.27. The van der Waals surface area contributed by atoms with Crippen LogP contribution in [0.4, 0.5) is 5.69 Å². The first kappa shape index (κ1) is 23.2. The first-order valence-electron chi connectivity index (χ1n) is 10.3. The molecule has 170 valence electrons. The van der Waals surface area contributed by atoms with Gasteiger partial charge in [-0.25, -0.2) is 4.79 Å². The van der Waals surface area contributed by atoms with E-state index in [0.29, 0.717) is 31.0 Å². The Hall–Kier alpha value is -3.43. The van der Waals surface area contributed by atoms with E-state index in [-0.39, 0.29) is 28.8 Å². The summed E-state index contributed by atoms with van der Waals surface area (Å²) < 4.78 is 5.36. The summed E-state index contributed by atoms with van der Waals surface area (Å²) in [5.74, 6) is -3.28. The molecular formula is C23H28N4O5. The Bertz CT molecular complexity index is 1010. The predicted octanol–water partition coefficient (Wildman–Crippen LogP) is 2.95. The van der Waals surface area contributed by atoms with E-state index in [1.54, 1.807) is 12.1 Å². The van der Waals surface area contributed by atoms with Crippen molar-refractivity contribution in [2.45, 2.75) is 26.3 Å². The van der Waals surface area contributed by atoms with Gasteiger partial charge in [0, 0.05) is 31.4 Å². The Morgan fingerprint density at radius 3 is 2.28 bits per heavy atom. The summed E-state index contributed by atoms with van der Waals surface area (Å²) in [6.45, 7) is 7.46. The summed E-state index contributed by atoms with van der Waals surface area (Å²) in [7, 11) is 0. The van der Waals surface area contributed by atoms with Gasteiger partial charge in [-0.15, -0.1) is 0 Å². The molecule has 0 aromatic heterocycles. The number of benzene rings is 2. The van der Waals surface area contributed by atoms with Gasteiger partial charge in [-0.05, 0) is 35.2 Å². The number of hydrogen-bond donors (Lipinski definition) is 5. The van der Waals surface area contributed by atoms with Gasteiger partial charge < -0.3 is 20.1 Å². The highest BCUT2D eigenvalue weighted by Gasteiger charge is 2.27. The van der Waals surface area contributed by atoms with Crippen LogP contribution in [0.1, 0.15) is 36.5 Å². The molecule has 0 amide bonds. The topological polar surface area (TPSA) is 141 Å². The largest absolute Gasteiger partial charge is 0.508 e. The fourth-order valence-electron chi connectivity index (χ4n) is 3.60. The van der Waals surface area contributed by atoms with Gasteiger partial charge in [0.1, 0.15) is 17.3 Å². The second kappa shape index (κ2) is 9.80. The molecule has 9 heteroatoms. The fraction of sp³-hybridized carbons (Fsp3) is 0.348. The van der Waals surface area contributed by atoms with Crippen molar-refractivity contribution >= 4 is 23.3 Å². The SMILES string of the molecule is CC(C)c1cc(C(=N)N(C(=N)C(=O)O)c2ccc(CN3CCOCC3)cc2)c(O)cc1O. The van der Waals surface area contributed by atoms with E-state index in [2.05, 4.69) is 4.90 Å². The van der Waals surface area contributed by atoms with Crippen molar-refractivity contribution in [1.82, 2.24) is 4.90 Å². The summed E-state index contributed by atoms with van der Waals surface area (Å²) in [6, 6.07) is 9.55. The minimum atomic E-state index is -1.51. The number of nitrogens with zero attached hydrogens (tertiary/aromatic N) is 2. The molecule has 3 rings (SSSR count). The van der Waals surface area contributed by atoms with E-state index in [9.17, 15) is 20.1 Å². The number of carboxylic acids is 1. The maximum absolute atomic E-state index is 11.6. The van der Waals surface area contributed by atoms with Gasteiger partial charge >= 0.3 is 5.97 Å². The number of nitrogens with one attached hydrogen (secondary N) is 2. The zero-order chi connectivity index (χ0) is 23.4. The Balaban J connectivity index is 1.93. The molecular weight excluding hydrogens is 412 g/mol. The van der Waals surface area contributed by atoms with Crippen LogP contribution in [-0.4, -0.2) is 64.2 Å². The van der Waals surface area contributed by atoms with Gasteiger partial charge in [0.2, 0.25) is 5.84 Å². The molecule has 0 aliphatic carbocycles. The van der Waals surface area contributed by atoms with Crippen LogP contribution in [0.15, 0.2) is 36.4 Å². The molecule has 0 bridgehead atoms. The number of phenolic OH excluding ortho intramolecular Hbond substituents is 2. The molecule has 1 saturated heterocycles. The van der Waals surface area contributed by atoms with Crippen molar-refractivity contribution in [3.63, 3.8) is 0 Å². The van der Waals surface area contributed by atoms with Gasteiger partial charge in [-0.2, -0.15) is 0 Å². The minimum Gasteiger partial charge on any atom is -0.508 e. The van der Waals surface area contributed by atoms with Crippen molar-refractivity contribution in [2.75, 3.05) is 31.2 Å². The van der Waals surface area contributed by atoms with Crippen LogP contribution in [0.2, 0.25) is 0 Å². The lowest BCUT2D eigenvalue weighted by atomic mass is 9.98. The molecule has 2 aromatic rings. The lowest BCUT2D eigenvalue weighted by Crippen LogP contribution is -2.41. The van der Waals surface area contributed by atoms with E-state index in [1.165, 1.54) is 6.07 Å². The molecule has 1 fully saturated rings. The number of amidine groups is 2. The monoisotopic (exact) mass is 440 g/mol. The highest BCUT2D eigenvalue weighted by Crippen LogP contribution is 2.33. The van der Waals surface area contributed by atoms with Crippen molar-refractivity contribution in [1.29, 1.82) is 10.8 Å². The number of anilines is 1. The highest BCUT2D eigenvalue weighted by atomic mass is 16.5. The standard InChI is InChI=1S/C23H28N4O5/c1-14(2)17-11-18(20(29)12-19(17)28)21(24)27(22(25)23(30)31)16-5-3-15(4-6-16)13-26-7-9-32-10-8-26/h3-6,11-12,14,24-25,28-29H,7-10,13H2,1-2H3,(H,30,31). The predicted molar refractivity (Wildman–Crippen MR) is 121 cm³/mol. The van der Waals surface area contributed by atoms with E-state index in [1.807, 2.05) is 26.0 Å². The molecule has 2 aromatic carbocycles. The summed E-state index contributed by atoms with van der Waals surface area (Å²) in [5, 5.41) is 46.6. The van der Waals surface area contributed by atoms with Crippen molar-refractivity contribution in [3.05, 3.63) is 53.1 Å². The molecule has 32 heavy (non-hydrogen) atoms. The zero-order valence-electron chi connectivity index (χ0n) is 18.1. The molecule has 5 N–H and O–H groups in total. The van der Waals surface area contributed by atoms with Crippen LogP contribution < -0.4 is 4.90 Å². The summed E-state index contributed by atoms with van der Waals surface area (Å²) in [5.41, 5.74) is 1.85. The third-order valence-corrected chi connectivity index (χ3v) is 5.38. The number of carboxylic acid groups (broad SMARTS) is 1. The van der Waals surface area contributed by atoms with Gasteiger partial charge in [0.15, 0.2) is 0 Å². The minimum absolute atomic E-state index is 0.0230. The molecule has 1 aliphatic heterocycles. The Kier molecular flexibility index (Phi) is 7.12. The Morgan fingerprint density at radius 2 is 1.72 bits per heavy atom. The maximum atomic E-state index is 11.6. The number of phenols is 2. The third-order valence-electron chi connectivity index (χ3n) is 5.38. The fourth-order valence-corrected chi connectivity index (χ4v) is 3.60. The van der Waals surface area contributed by atoms with Crippen LogP contribution in [0.5, 0.6) is 11.5 Å². The van der Waals surface area contributed by atoms with Crippen molar-refractivity contribution in [3.8, 4) is 11.5 Å². The number of hydrogen-bond acceptors (Lipinski definition) is 7. The number of morpholine rings is 1. The molecule has 1 heterocycles. The smallest absolute Gasteiger partial charge is 0.371 e. The first-order valence-corrected chi connectivity index (χ1v) is 10.3. The Labute approximate surface area is 186 Å². The molecule has 0 atom stereocenters. The molecule has 9 nitrogen and oxygen atoms in total. The van der Waals surface area contributed by atoms with Crippen LogP contribution in [-0.2, 0) is 16.1 Å². The number of carbonyl (C=O) groups is 1. The first-order chi connectivity index (χ1) is 15.2. The highest BCUT2D eigenvalue weighted by molar-refractivity contribution is 6.46. The second-order valence-corrected chi connectivity index (χ2v) is 7.98. The maximum Gasteiger partial charge on any atom is 0.371 e. The van der Waals surface area contributed by atoms with Gasteiger partial charge in [0.25, 0.3) is 0 Å². The van der Waals surface area contributed by atoms with E-state index >= 15 is 0 Å². The van der Waals surface area contributed by atoms with E-state index in [4.69, 9.17) is 15.6 Å². The molecule has 0 saturated carbocycles. The average molecular weight is 441 g/mol. The normalized spacial score (nSPS) is 14.3. The summed E-state index contributed by atoms with van der Waals surface area (Å²) in [4.78, 5) is 14.8. The van der Waals surface area contributed by atoms with E-state index < -0.39 is 11.8 Å². The average Bonchev–Trinajstić information content (AvgIpc) is 2.75. The third kappa shape index (κ3) is 5.06. The van der Waals surface area contributed by atoms with Crippen LogP contribution in [0, 0.1) is 10.8 Å². The summed E-state index contributed by atoms with van der Waals surface area (Å²) in [6.07, 6.45) is 0.